The van der Waals surface area contributed by atoms with Crippen LogP contribution in [0.15, 0.2) is 53.1 Å². The number of hydrogen-bond donors (Lipinski definition) is 1. The average molecular weight is 283 g/mol. The van der Waals surface area contributed by atoms with Gasteiger partial charge in [0.2, 0.25) is 5.82 Å². The van der Waals surface area contributed by atoms with Crippen molar-refractivity contribution in [2.24, 2.45) is 0 Å². The van der Waals surface area contributed by atoms with E-state index in [0.29, 0.717) is 5.76 Å². The van der Waals surface area contributed by atoms with Gasteiger partial charge >= 0.3 is 5.69 Å². The lowest BCUT2D eigenvalue weighted by Gasteiger charge is -2.11. The number of rotatable bonds is 4. The standard InChI is InChI=1S/C15H13N3O3/c1-10(14-9-11-5-2-3-7-13(11)21-14)17-15-12(18(19)20)6-4-8-16-15/h2-10H,1H3,(H,16,17)/t10-/m1/s1. The number of pyridine rings is 1. The van der Waals surface area contributed by atoms with Gasteiger partial charge < -0.3 is 9.73 Å². The Morgan fingerprint density at radius 2 is 2.10 bits per heavy atom. The summed E-state index contributed by atoms with van der Waals surface area (Å²) < 4.78 is 5.74. The molecule has 0 aliphatic rings. The number of benzene rings is 1. The quantitative estimate of drug-likeness (QED) is 0.580. The second-order valence-electron chi connectivity index (χ2n) is 4.68. The van der Waals surface area contributed by atoms with Gasteiger partial charge in [0.05, 0.1) is 11.0 Å². The number of nitro groups is 1. The molecule has 0 saturated heterocycles. The number of nitrogens with one attached hydrogen (secondary N) is 1. The minimum atomic E-state index is -0.458. The molecule has 106 valence electrons. The Morgan fingerprint density at radius 3 is 2.86 bits per heavy atom. The molecule has 1 atom stereocenters. The van der Waals surface area contributed by atoms with E-state index in [1.54, 1.807) is 0 Å². The highest BCUT2D eigenvalue weighted by atomic mass is 16.6. The summed E-state index contributed by atoms with van der Waals surface area (Å²) in [6.07, 6.45) is 1.51. The lowest BCUT2D eigenvalue weighted by molar-refractivity contribution is -0.384. The van der Waals surface area contributed by atoms with Crippen LogP contribution in [0.4, 0.5) is 11.5 Å². The molecule has 6 heteroatoms. The zero-order valence-corrected chi connectivity index (χ0v) is 11.3. The Bertz CT molecular complexity index is 764. The zero-order chi connectivity index (χ0) is 14.8. The topological polar surface area (TPSA) is 81.2 Å². The van der Waals surface area contributed by atoms with Gasteiger partial charge in [0.25, 0.3) is 0 Å². The molecule has 0 spiro atoms. The first-order valence-corrected chi connectivity index (χ1v) is 6.49. The molecule has 0 saturated carbocycles. The maximum atomic E-state index is 11.0. The van der Waals surface area contributed by atoms with E-state index in [1.807, 2.05) is 37.3 Å². The minimum absolute atomic E-state index is 0.0551. The second-order valence-corrected chi connectivity index (χ2v) is 4.68. The third-order valence-corrected chi connectivity index (χ3v) is 3.21. The van der Waals surface area contributed by atoms with Crippen molar-refractivity contribution in [3.8, 4) is 0 Å². The van der Waals surface area contributed by atoms with Gasteiger partial charge in [-0.15, -0.1) is 0 Å². The van der Waals surface area contributed by atoms with Crippen LogP contribution in [0.2, 0.25) is 0 Å². The van der Waals surface area contributed by atoms with Gasteiger partial charge in [0, 0.05) is 17.6 Å². The van der Waals surface area contributed by atoms with Gasteiger partial charge in [-0.2, -0.15) is 0 Å². The van der Waals surface area contributed by atoms with E-state index in [-0.39, 0.29) is 17.5 Å². The number of furan rings is 1. The summed E-state index contributed by atoms with van der Waals surface area (Å²) in [4.78, 5) is 14.6. The summed E-state index contributed by atoms with van der Waals surface area (Å²) in [7, 11) is 0. The molecule has 2 heterocycles. The third-order valence-electron chi connectivity index (χ3n) is 3.21. The molecular formula is C15H13N3O3. The number of aromatic nitrogens is 1. The average Bonchev–Trinajstić information content (AvgIpc) is 2.91. The van der Waals surface area contributed by atoms with Crippen LogP contribution in [0.25, 0.3) is 11.0 Å². The van der Waals surface area contributed by atoms with Crippen LogP contribution in [0.5, 0.6) is 0 Å². The van der Waals surface area contributed by atoms with Crippen LogP contribution in [0, 0.1) is 10.1 Å². The molecule has 0 unspecified atom stereocenters. The van der Waals surface area contributed by atoms with E-state index in [0.717, 1.165) is 11.0 Å². The molecule has 3 rings (SSSR count). The Balaban J connectivity index is 1.89. The molecule has 1 N–H and O–H groups in total. The monoisotopic (exact) mass is 283 g/mol. The lowest BCUT2D eigenvalue weighted by Crippen LogP contribution is -2.08. The molecule has 2 aromatic heterocycles. The molecule has 0 aliphatic carbocycles. The predicted octanol–water partition coefficient (Wildman–Crippen LogP) is 3.91. The fraction of sp³-hybridized carbons (Fsp3) is 0.133. The van der Waals surface area contributed by atoms with Crippen molar-refractivity contribution >= 4 is 22.5 Å². The largest absolute Gasteiger partial charge is 0.459 e. The number of fused-ring (bicyclic) bond motifs is 1. The highest BCUT2D eigenvalue weighted by Crippen LogP contribution is 2.28. The molecule has 0 aliphatic heterocycles. The summed E-state index contributed by atoms with van der Waals surface area (Å²) in [6.45, 7) is 1.87. The molecule has 1 aromatic carbocycles. The minimum Gasteiger partial charge on any atom is -0.459 e. The van der Waals surface area contributed by atoms with Crippen LogP contribution >= 0.6 is 0 Å². The third kappa shape index (κ3) is 2.55. The lowest BCUT2D eigenvalue weighted by atomic mass is 10.2. The van der Waals surface area contributed by atoms with Crippen LogP contribution in [-0.4, -0.2) is 9.91 Å². The number of anilines is 1. The SMILES string of the molecule is C[C@@H](Nc1ncccc1[N+](=O)[O-])c1cc2ccccc2o1. The van der Waals surface area contributed by atoms with Gasteiger partial charge in [-0.1, -0.05) is 18.2 Å². The molecule has 0 fully saturated rings. The molecule has 6 nitrogen and oxygen atoms in total. The van der Waals surface area contributed by atoms with E-state index < -0.39 is 4.92 Å². The van der Waals surface area contributed by atoms with Crippen molar-refractivity contribution in [3.63, 3.8) is 0 Å². The maximum Gasteiger partial charge on any atom is 0.311 e. The maximum absolute atomic E-state index is 11.0. The Morgan fingerprint density at radius 1 is 1.29 bits per heavy atom. The van der Waals surface area contributed by atoms with E-state index in [2.05, 4.69) is 10.3 Å². The van der Waals surface area contributed by atoms with Gasteiger partial charge in [-0.05, 0) is 25.1 Å². The van der Waals surface area contributed by atoms with E-state index >= 15 is 0 Å². The molecule has 0 radical (unpaired) electrons. The van der Waals surface area contributed by atoms with Crippen molar-refractivity contribution in [2.45, 2.75) is 13.0 Å². The molecular weight excluding hydrogens is 270 g/mol. The number of para-hydroxylation sites is 1. The summed E-state index contributed by atoms with van der Waals surface area (Å²) in [5.41, 5.74) is 0.733. The van der Waals surface area contributed by atoms with Crippen molar-refractivity contribution < 1.29 is 9.34 Å². The molecule has 21 heavy (non-hydrogen) atoms. The number of nitrogens with zero attached hydrogens (tertiary/aromatic N) is 2. The summed E-state index contributed by atoms with van der Waals surface area (Å²) in [5.74, 6) is 0.937. The first kappa shape index (κ1) is 13.1. The first-order valence-electron chi connectivity index (χ1n) is 6.49. The summed E-state index contributed by atoms with van der Waals surface area (Å²) in [6, 6.07) is 12.3. The van der Waals surface area contributed by atoms with Crippen LogP contribution in [-0.2, 0) is 0 Å². The van der Waals surface area contributed by atoms with Gasteiger partial charge in [-0.25, -0.2) is 4.98 Å². The van der Waals surface area contributed by atoms with E-state index in [1.165, 1.54) is 18.3 Å². The molecule has 0 bridgehead atoms. The number of hydrogen-bond acceptors (Lipinski definition) is 5. The fourth-order valence-corrected chi connectivity index (χ4v) is 2.15. The summed E-state index contributed by atoms with van der Waals surface area (Å²) in [5, 5.41) is 15.0. The predicted molar refractivity (Wildman–Crippen MR) is 79.1 cm³/mol. The van der Waals surface area contributed by atoms with E-state index in [4.69, 9.17) is 4.42 Å². The Labute approximate surface area is 120 Å². The molecule has 3 aromatic rings. The van der Waals surface area contributed by atoms with Crippen molar-refractivity contribution in [3.05, 3.63) is 64.5 Å². The second kappa shape index (κ2) is 5.24. The van der Waals surface area contributed by atoms with E-state index in [9.17, 15) is 10.1 Å². The Kier molecular flexibility index (Phi) is 3.27. The van der Waals surface area contributed by atoms with Gasteiger partial charge in [-0.3, -0.25) is 10.1 Å². The first-order chi connectivity index (χ1) is 10.1. The smallest absolute Gasteiger partial charge is 0.311 e. The van der Waals surface area contributed by atoms with Crippen molar-refractivity contribution in [1.29, 1.82) is 0 Å². The van der Waals surface area contributed by atoms with Crippen LogP contribution < -0.4 is 5.32 Å². The summed E-state index contributed by atoms with van der Waals surface area (Å²) >= 11 is 0. The zero-order valence-electron chi connectivity index (χ0n) is 11.3. The van der Waals surface area contributed by atoms with Crippen molar-refractivity contribution in [1.82, 2.24) is 4.98 Å². The van der Waals surface area contributed by atoms with Crippen molar-refractivity contribution in [2.75, 3.05) is 5.32 Å². The van der Waals surface area contributed by atoms with Crippen LogP contribution in [0.3, 0.4) is 0 Å². The highest BCUT2D eigenvalue weighted by molar-refractivity contribution is 5.78. The van der Waals surface area contributed by atoms with Gasteiger partial charge in [0.15, 0.2) is 0 Å². The van der Waals surface area contributed by atoms with Crippen LogP contribution in [0.1, 0.15) is 18.7 Å². The normalized spacial score (nSPS) is 12.2. The van der Waals surface area contributed by atoms with Gasteiger partial charge in [0.1, 0.15) is 11.3 Å². The Hall–Kier alpha value is -2.89. The molecule has 0 amide bonds. The fourth-order valence-electron chi connectivity index (χ4n) is 2.15. The highest BCUT2D eigenvalue weighted by Gasteiger charge is 2.18.